The third kappa shape index (κ3) is 3.80. The Hall–Kier alpha value is -1.11. The second-order valence-electron chi connectivity index (χ2n) is 3.34. The maximum absolute atomic E-state index is 11.0. The molecule has 0 rings (SSSR count). The van der Waals surface area contributed by atoms with Crippen LogP contribution < -0.4 is 5.32 Å². The van der Waals surface area contributed by atoms with E-state index >= 15 is 0 Å². The minimum atomic E-state index is -2.21. The van der Waals surface area contributed by atoms with Crippen LogP contribution in [0.3, 0.4) is 0 Å². The first-order valence-electron chi connectivity index (χ1n) is 4.68. The van der Waals surface area contributed by atoms with Crippen molar-refractivity contribution >= 4 is 33.8 Å². The lowest BCUT2D eigenvalue weighted by Crippen LogP contribution is -2.59. The van der Waals surface area contributed by atoms with E-state index in [0.717, 1.165) is 6.92 Å². The zero-order valence-corrected chi connectivity index (χ0v) is 10.4. The van der Waals surface area contributed by atoms with Gasteiger partial charge in [-0.2, -0.15) is 0 Å². The summed E-state index contributed by atoms with van der Waals surface area (Å²) in [4.78, 5) is 32.8. The van der Waals surface area contributed by atoms with Crippen molar-refractivity contribution < 1.29 is 24.6 Å². The summed E-state index contributed by atoms with van der Waals surface area (Å²) in [5.74, 6) is -3.78. The van der Waals surface area contributed by atoms with E-state index in [1.165, 1.54) is 0 Å². The van der Waals surface area contributed by atoms with Crippen LogP contribution in [0.25, 0.3) is 0 Å². The topological polar surface area (TPSA) is 104 Å². The lowest BCUT2D eigenvalue weighted by atomic mass is 9.92. The van der Waals surface area contributed by atoms with Gasteiger partial charge in [0.2, 0.25) is 11.4 Å². The number of carbonyl (C=O) groups excluding carboxylic acids is 1. The molecule has 0 aliphatic carbocycles. The molecular formula is C9H14BrNO5. The highest BCUT2D eigenvalue weighted by atomic mass is 79.9. The van der Waals surface area contributed by atoms with Crippen LogP contribution in [0.15, 0.2) is 0 Å². The van der Waals surface area contributed by atoms with Crippen LogP contribution in [0.4, 0.5) is 0 Å². The summed E-state index contributed by atoms with van der Waals surface area (Å²) in [6.45, 7) is 1.09. The predicted molar refractivity (Wildman–Crippen MR) is 59.5 cm³/mol. The van der Waals surface area contributed by atoms with Gasteiger partial charge >= 0.3 is 11.9 Å². The number of rotatable bonds is 7. The number of hydrogen-bond acceptors (Lipinski definition) is 3. The number of alkyl halides is 1. The molecule has 6 nitrogen and oxygen atoms in total. The van der Waals surface area contributed by atoms with Gasteiger partial charge in [0, 0.05) is 12.3 Å². The van der Waals surface area contributed by atoms with Gasteiger partial charge in [-0.3, -0.25) is 4.79 Å². The molecule has 0 saturated heterocycles. The molecule has 7 heteroatoms. The molecule has 0 atom stereocenters. The lowest BCUT2D eigenvalue weighted by Gasteiger charge is -2.25. The normalized spacial score (nSPS) is 10.9. The Morgan fingerprint density at radius 1 is 1.19 bits per heavy atom. The third-order valence-corrected chi connectivity index (χ3v) is 2.62. The fraction of sp³-hybridized carbons (Fsp3) is 0.667. The summed E-state index contributed by atoms with van der Waals surface area (Å²) >= 11 is 3.16. The highest BCUT2D eigenvalue weighted by Crippen LogP contribution is 2.16. The minimum absolute atomic E-state index is 0.136. The average Bonchev–Trinajstić information content (AvgIpc) is 2.15. The predicted octanol–water partition coefficient (Wildman–Crippen LogP) is 0.596. The largest absolute Gasteiger partial charge is 0.479 e. The zero-order chi connectivity index (χ0) is 12.8. The summed E-state index contributed by atoms with van der Waals surface area (Å²) in [6, 6.07) is 0. The van der Waals surface area contributed by atoms with Crippen molar-refractivity contribution in [3.05, 3.63) is 0 Å². The first kappa shape index (κ1) is 14.9. The van der Waals surface area contributed by atoms with Crippen molar-refractivity contribution in [2.45, 2.75) is 31.7 Å². The fourth-order valence-electron chi connectivity index (χ4n) is 1.26. The van der Waals surface area contributed by atoms with E-state index in [4.69, 9.17) is 10.2 Å². The molecule has 16 heavy (non-hydrogen) atoms. The van der Waals surface area contributed by atoms with Crippen molar-refractivity contribution in [3.8, 4) is 0 Å². The summed E-state index contributed by atoms with van der Waals surface area (Å²) in [6.07, 6.45) is 0.898. The van der Waals surface area contributed by atoms with Gasteiger partial charge in [0.15, 0.2) is 0 Å². The van der Waals surface area contributed by atoms with Crippen LogP contribution in [0.1, 0.15) is 26.2 Å². The third-order valence-electron chi connectivity index (χ3n) is 2.06. The van der Waals surface area contributed by atoms with Crippen molar-refractivity contribution in [1.29, 1.82) is 0 Å². The zero-order valence-electron chi connectivity index (χ0n) is 8.83. The number of carboxylic acid groups (broad SMARTS) is 2. The number of aliphatic carboxylic acids is 2. The number of unbranched alkanes of at least 4 members (excludes halogenated alkanes) is 1. The molecule has 0 spiro atoms. The van der Waals surface area contributed by atoms with Crippen molar-refractivity contribution in [3.63, 3.8) is 0 Å². The van der Waals surface area contributed by atoms with Gasteiger partial charge in [0.05, 0.1) is 0 Å². The lowest BCUT2D eigenvalue weighted by molar-refractivity contribution is -0.161. The molecule has 0 heterocycles. The smallest absolute Gasteiger partial charge is 0.341 e. The standard InChI is InChI=1S/C9H14BrNO5/c1-6(12)11-9(7(13)14,8(15)16)4-2-3-5-10/h2-5H2,1H3,(H,11,12)(H,13,14)(H,15,16). The molecular weight excluding hydrogens is 282 g/mol. The van der Waals surface area contributed by atoms with E-state index in [9.17, 15) is 14.4 Å². The van der Waals surface area contributed by atoms with Crippen LogP contribution in [-0.2, 0) is 14.4 Å². The maximum atomic E-state index is 11.0. The molecule has 0 fully saturated rings. The number of carboxylic acids is 2. The highest BCUT2D eigenvalue weighted by Gasteiger charge is 2.46. The second kappa shape index (κ2) is 6.47. The maximum Gasteiger partial charge on any atom is 0.341 e. The molecule has 0 aromatic rings. The highest BCUT2D eigenvalue weighted by molar-refractivity contribution is 9.09. The first-order chi connectivity index (χ1) is 7.36. The molecule has 0 unspecified atom stereocenters. The Morgan fingerprint density at radius 3 is 2.00 bits per heavy atom. The number of hydrogen-bond donors (Lipinski definition) is 3. The van der Waals surface area contributed by atoms with Crippen LogP contribution in [-0.4, -0.2) is 38.9 Å². The summed E-state index contributed by atoms with van der Waals surface area (Å²) < 4.78 is 0. The van der Waals surface area contributed by atoms with Crippen LogP contribution in [0.5, 0.6) is 0 Å². The molecule has 0 aliphatic heterocycles. The Labute approximate surface area is 101 Å². The van der Waals surface area contributed by atoms with Crippen LogP contribution >= 0.6 is 15.9 Å². The molecule has 3 N–H and O–H groups in total. The van der Waals surface area contributed by atoms with E-state index in [0.29, 0.717) is 18.2 Å². The van der Waals surface area contributed by atoms with E-state index in [-0.39, 0.29) is 6.42 Å². The van der Waals surface area contributed by atoms with E-state index in [1.807, 2.05) is 5.32 Å². The van der Waals surface area contributed by atoms with Crippen molar-refractivity contribution in [2.75, 3.05) is 5.33 Å². The SMILES string of the molecule is CC(=O)NC(CCCCBr)(C(=O)O)C(=O)O. The Balaban J connectivity index is 4.87. The van der Waals surface area contributed by atoms with Gasteiger partial charge in [0.25, 0.3) is 0 Å². The molecule has 0 bridgehead atoms. The van der Waals surface area contributed by atoms with Crippen LogP contribution in [0, 0.1) is 0 Å². The molecule has 0 radical (unpaired) electrons. The Kier molecular flexibility index (Phi) is 6.02. The van der Waals surface area contributed by atoms with Gasteiger partial charge in [0.1, 0.15) is 0 Å². The van der Waals surface area contributed by atoms with Crippen molar-refractivity contribution in [1.82, 2.24) is 5.32 Å². The van der Waals surface area contributed by atoms with E-state index in [2.05, 4.69) is 15.9 Å². The minimum Gasteiger partial charge on any atom is -0.479 e. The van der Waals surface area contributed by atoms with Gasteiger partial charge in [-0.05, 0) is 19.3 Å². The molecule has 0 aromatic carbocycles. The van der Waals surface area contributed by atoms with E-state index in [1.54, 1.807) is 0 Å². The molecule has 0 aliphatic rings. The monoisotopic (exact) mass is 295 g/mol. The number of nitrogens with one attached hydrogen (secondary N) is 1. The van der Waals surface area contributed by atoms with Gasteiger partial charge in [-0.15, -0.1) is 0 Å². The van der Waals surface area contributed by atoms with Crippen molar-refractivity contribution in [2.24, 2.45) is 0 Å². The number of halogens is 1. The Morgan fingerprint density at radius 2 is 1.69 bits per heavy atom. The summed E-state index contributed by atoms with van der Waals surface area (Å²) in [5.41, 5.74) is -2.21. The van der Waals surface area contributed by atoms with Gasteiger partial charge < -0.3 is 15.5 Å². The average molecular weight is 296 g/mol. The molecule has 92 valence electrons. The summed E-state index contributed by atoms with van der Waals surface area (Å²) in [7, 11) is 0. The van der Waals surface area contributed by atoms with Gasteiger partial charge in [-0.1, -0.05) is 15.9 Å². The second-order valence-corrected chi connectivity index (χ2v) is 4.14. The number of amides is 1. The quantitative estimate of drug-likeness (QED) is 0.362. The summed E-state index contributed by atoms with van der Waals surface area (Å²) in [5, 5.41) is 20.5. The Bertz CT molecular complexity index is 278. The van der Waals surface area contributed by atoms with E-state index < -0.39 is 23.4 Å². The van der Waals surface area contributed by atoms with Gasteiger partial charge in [-0.25, -0.2) is 9.59 Å². The molecule has 0 aromatic heterocycles. The first-order valence-corrected chi connectivity index (χ1v) is 5.80. The number of carbonyl (C=O) groups is 3. The molecule has 0 saturated carbocycles. The molecule has 1 amide bonds. The van der Waals surface area contributed by atoms with Crippen LogP contribution in [0.2, 0.25) is 0 Å². The fourth-order valence-corrected chi connectivity index (χ4v) is 1.66.